The van der Waals surface area contributed by atoms with Crippen molar-refractivity contribution in [1.29, 1.82) is 0 Å². The highest BCUT2D eigenvalue weighted by Crippen LogP contribution is 2.25. The Hall–Kier alpha value is -3.46. The Morgan fingerprint density at radius 1 is 1.00 bits per heavy atom. The van der Waals surface area contributed by atoms with Crippen molar-refractivity contribution in [2.45, 2.75) is 18.7 Å². The van der Waals surface area contributed by atoms with Gasteiger partial charge in [0, 0.05) is 11.4 Å². The molecule has 2 N–H and O–H groups in total. The summed E-state index contributed by atoms with van der Waals surface area (Å²) in [6.45, 7) is 3.93. The second-order valence-electron chi connectivity index (χ2n) is 6.60. The van der Waals surface area contributed by atoms with Gasteiger partial charge in [-0.25, -0.2) is 17.2 Å². The van der Waals surface area contributed by atoms with Gasteiger partial charge < -0.3 is 10.1 Å². The van der Waals surface area contributed by atoms with E-state index in [2.05, 4.69) is 10.0 Å². The molecule has 0 aromatic heterocycles. The molecule has 3 aromatic carbocycles. The summed E-state index contributed by atoms with van der Waals surface area (Å²) in [6, 6.07) is 13.9. The van der Waals surface area contributed by atoms with Crippen molar-refractivity contribution in [1.82, 2.24) is 0 Å². The van der Waals surface area contributed by atoms with Gasteiger partial charge in [-0.15, -0.1) is 0 Å². The second-order valence-corrected chi connectivity index (χ2v) is 8.25. The molecule has 0 heterocycles. The quantitative estimate of drug-likeness (QED) is 0.550. The first-order chi connectivity index (χ1) is 14.7. The van der Waals surface area contributed by atoms with E-state index in [9.17, 15) is 22.0 Å². The molecule has 0 fully saturated rings. The molecule has 0 aliphatic rings. The van der Waals surface area contributed by atoms with E-state index >= 15 is 0 Å². The molecular weight excluding hydrogens is 426 g/mol. The van der Waals surface area contributed by atoms with E-state index < -0.39 is 33.1 Å². The maximum absolute atomic E-state index is 13.9. The van der Waals surface area contributed by atoms with Gasteiger partial charge in [0.15, 0.2) is 11.6 Å². The summed E-state index contributed by atoms with van der Waals surface area (Å²) in [5.74, 6) is -2.73. The van der Waals surface area contributed by atoms with Crippen molar-refractivity contribution < 1.29 is 26.7 Å². The van der Waals surface area contributed by atoms with Crippen LogP contribution in [0.3, 0.4) is 0 Å². The molecule has 3 aromatic rings. The third-order valence-corrected chi connectivity index (χ3v) is 5.87. The Morgan fingerprint density at radius 2 is 1.68 bits per heavy atom. The normalized spacial score (nSPS) is 11.1. The summed E-state index contributed by atoms with van der Waals surface area (Å²) >= 11 is 0. The Labute approximate surface area is 178 Å². The van der Waals surface area contributed by atoms with Crippen molar-refractivity contribution in [3.05, 3.63) is 83.4 Å². The highest BCUT2D eigenvalue weighted by Gasteiger charge is 2.20. The molecular formula is C22H20F2N2O4S. The van der Waals surface area contributed by atoms with Gasteiger partial charge in [0.25, 0.3) is 15.9 Å². The van der Waals surface area contributed by atoms with E-state index in [1.165, 1.54) is 24.3 Å². The number of amides is 1. The number of halogens is 2. The standard InChI is InChI=1S/C22H20F2N2O4S/c1-3-30-17-11-9-15(10-12-17)26-31(28,29)20-13-16(8-7-14(20)2)25-22(27)18-5-4-6-19(23)21(18)24/h4-13,26H,3H2,1-2H3,(H,25,27). The van der Waals surface area contributed by atoms with E-state index in [0.717, 1.165) is 12.1 Å². The van der Waals surface area contributed by atoms with Crippen LogP contribution in [0.5, 0.6) is 5.75 Å². The van der Waals surface area contributed by atoms with Crippen molar-refractivity contribution in [2.24, 2.45) is 0 Å². The molecule has 0 aliphatic heterocycles. The lowest BCUT2D eigenvalue weighted by Gasteiger charge is -2.13. The maximum Gasteiger partial charge on any atom is 0.262 e. The molecule has 0 bridgehead atoms. The molecule has 0 saturated heterocycles. The zero-order valence-electron chi connectivity index (χ0n) is 16.8. The van der Waals surface area contributed by atoms with Crippen LogP contribution in [0.4, 0.5) is 20.2 Å². The van der Waals surface area contributed by atoms with Gasteiger partial charge in [-0.05, 0) is 67.9 Å². The van der Waals surface area contributed by atoms with Gasteiger partial charge >= 0.3 is 0 Å². The fourth-order valence-corrected chi connectivity index (χ4v) is 4.17. The fourth-order valence-electron chi connectivity index (χ4n) is 2.84. The topological polar surface area (TPSA) is 84.5 Å². The van der Waals surface area contributed by atoms with Crippen LogP contribution < -0.4 is 14.8 Å². The van der Waals surface area contributed by atoms with Crippen molar-refractivity contribution in [2.75, 3.05) is 16.6 Å². The van der Waals surface area contributed by atoms with E-state index in [-0.39, 0.29) is 10.6 Å². The third-order valence-electron chi connectivity index (χ3n) is 4.35. The summed E-state index contributed by atoms with van der Waals surface area (Å²) in [6.07, 6.45) is 0. The molecule has 0 unspecified atom stereocenters. The number of rotatable bonds is 7. The zero-order valence-corrected chi connectivity index (χ0v) is 17.6. The van der Waals surface area contributed by atoms with E-state index in [1.807, 2.05) is 6.92 Å². The largest absolute Gasteiger partial charge is 0.494 e. The minimum Gasteiger partial charge on any atom is -0.494 e. The van der Waals surface area contributed by atoms with Crippen LogP contribution in [0.15, 0.2) is 65.6 Å². The van der Waals surface area contributed by atoms with Crippen LogP contribution in [0, 0.1) is 18.6 Å². The summed E-state index contributed by atoms with van der Waals surface area (Å²) in [5, 5.41) is 2.40. The van der Waals surface area contributed by atoms with Gasteiger partial charge in [0.2, 0.25) is 0 Å². The highest BCUT2D eigenvalue weighted by molar-refractivity contribution is 7.92. The first kappa shape index (κ1) is 22.2. The highest BCUT2D eigenvalue weighted by atomic mass is 32.2. The Kier molecular flexibility index (Phi) is 6.55. The molecule has 9 heteroatoms. The van der Waals surface area contributed by atoms with Crippen LogP contribution in [-0.4, -0.2) is 20.9 Å². The molecule has 6 nitrogen and oxygen atoms in total. The van der Waals surface area contributed by atoms with Crippen LogP contribution in [0.25, 0.3) is 0 Å². The number of aryl methyl sites for hydroxylation is 1. The Morgan fingerprint density at radius 3 is 2.35 bits per heavy atom. The molecule has 0 saturated carbocycles. The summed E-state index contributed by atoms with van der Waals surface area (Å²) in [5.41, 5.74) is 0.399. The first-order valence-corrected chi connectivity index (χ1v) is 10.8. The third kappa shape index (κ3) is 5.18. The summed E-state index contributed by atoms with van der Waals surface area (Å²) in [4.78, 5) is 12.2. The average molecular weight is 446 g/mol. The number of carbonyl (C=O) groups is 1. The molecule has 0 spiro atoms. The van der Waals surface area contributed by atoms with Crippen molar-refractivity contribution in [3.63, 3.8) is 0 Å². The number of anilines is 2. The van der Waals surface area contributed by atoms with Gasteiger partial charge in [0.05, 0.1) is 17.1 Å². The van der Waals surface area contributed by atoms with E-state index in [1.54, 1.807) is 31.2 Å². The molecule has 31 heavy (non-hydrogen) atoms. The van der Waals surface area contributed by atoms with E-state index in [4.69, 9.17) is 4.74 Å². The number of nitrogens with one attached hydrogen (secondary N) is 2. The van der Waals surface area contributed by atoms with Crippen LogP contribution >= 0.6 is 0 Å². The Balaban J connectivity index is 1.84. The smallest absolute Gasteiger partial charge is 0.262 e. The van der Waals surface area contributed by atoms with Crippen molar-refractivity contribution >= 4 is 27.3 Å². The second kappa shape index (κ2) is 9.13. The molecule has 162 valence electrons. The molecule has 3 rings (SSSR count). The summed E-state index contributed by atoms with van der Waals surface area (Å²) < 4.78 is 60.8. The first-order valence-electron chi connectivity index (χ1n) is 9.33. The maximum atomic E-state index is 13.9. The lowest BCUT2D eigenvalue weighted by Crippen LogP contribution is -2.17. The van der Waals surface area contributed by atoms with Gasteiger partial charge in [-0.2, -0.15) is 0 Å². The number of carbonyl (C=O) groups excluding carboxylic acids is 1. The number of sulfonamides is 1. The number of ether oxygens (including phenoxy) is 1. The van der Waals surface area contributed by atoms with Crippen LogP contribution in [0.1, 0.15) is 22.8 Å². The monoisotopic (exact) mass is 446 g/mol. The predicted molar refractivity (Wildman–Crippen MR) is 114 cm³/mol. The minimum atomic E-state index is -3.98. The molecule has 0 radical (unpaired) electrons. The molecule has 0 atom stereocenters. The van der Waals surface area contributed by atoms with Gasteiger partial charge in [-0.3, -0.25) is 9.52 Å². The molecule has 0 aliphatic carbocycles. The fraction of sp³-hybridized carbons (Fsp3) is 0.136. The minimum absolute atomic E-state index is 0.0705. The zero-order chi connectivity index (χ0) is 22.6. The number of hydrogen-bond acceptors (Lipinski definition) is 4. The van der Waals surface area contributed by atoms with Crippen molar-refractivity contribution in [3.8, 4) is 5.75 Å². The lowest BCUT2D eigenvalue weighted by atomic mass is 10.1. The number of hydrogen-bond donors (Lipinski definition) is 2. The van der Waals surface area contributed by atoms with Crippen LogP contribution in [-0.2, 0) is 10.0 Å². The Bertz CT molecular complexity index is 1210. The average Bonchev–Trinajstić information content (AvgIpc) is 2.72. The molecule has 1 amide bonds. The predicted octanol–water partition coefficient (Wildman–Crippen LogP) is 4.73. The lowest BCUT2D eigenvalue weighted by molar-refractivity contribution is 0.102. The van der Waals surface area contributed by atoms with Crippen LogP contribution in [0.2, 0.25) is 0 Å². The van der Waals surface area contributed by atoms with Gasteiger partial charge in [-0.1, -0.05) is 12.1 Å². The SMILES string of the molecule is CCOc1ccc(NS(=O)(=O)c2cc(NC(=O)c3cccc(F)c3F)ccc2C)cc1. The van der Waals surface area contributed by atoms with Gasteiger partial charge in [0.1, 0.15) is 5.75 Å². The van der Waals surface area contributed by atoms with E-state index in [0.29, 0.717) is 23.6 Å². The number of benzene rings is 3. The summed E-state index contributed by atoms with van der Waals surface area (Å²) in [7, 11) is -3.98.